The molecular weight excluding hydrogens is 182 g/mol. The summed E-state index contributed by atoms with van der Waals surface area (Å²) < 4.78 is 1.43. The molecule has 0 radical (unpaired) electrons. The lowest BCUT2D eigenvalue weighted by Crippen LogP contribution is -2.36. The molecule has 0 aromatic carbocycles. The van der Waals surface area contributed by atoms with Crippen molar-refractivity contribution < 1.29 is 4.79 Å². The van der Waals surface area contributed by atoms with Gasteiger partial charge in [0.1, 0.15) is 24.7 Å². The molecule has 0 spiro atoms. The summed E-state index contributed by atoms with van der Waals surface area (Å²) >= 11 is 0. The van der Waals surface area contributed by atoms with Gasteiger partial charge in [0, 0.05) is 0 Å². The van der Waals surface area contributed by atoms with E-state index in [2.05, 4.69) is 15.4 Å². The maximum atomic E-state index is 11.5. The Morgan fingerprint density at radius 3 is 2.86 bits per heavy atom. The Labute approximate surface area is 81.6 Å². The van der Waals surface area contributed by atoms with E-state index in [1.807, 2.05) is 6.07 Å². The number of nitrogens with zero attached hydrogens (tertiary/aromatic N) is 4. The second-order valence-electron chi connectivity index (χ2n) is 2.91. The van der Waals surface area contributed by atoms with Gasteiger partial charge < -0.3 is 5.32 Å². The minimum atomic E-state index is -0.492. The summed E-state index contributed by atoms with van der Waals surface area (Å²) in [5.74, 6) is -0.246. The van der Waals surface area contributed by atoms with Crippen LogP contribution in [0.3, 0.4) is 0 Å². The Hall–Kier alpha value is -1.90. The maximum Gasteiger partial charge on any atom is 0.245 e. The van der Waals surface area contributed by atoms with Gasteiger partial charge in [0.05, 0.1) is 6.07 Å². The topological polar surface area (TPSA) is 83.6 Å². The second kappa shape index (κ2) is 4.37. The fourth-order valence-corrected chi connectivity index (χ4v) is 0.904. The lowest BCUT2D eigenvalue weighted by atomic mass is 10.3. The first-order chi connectivity index (χ1) is 6.65. The Morgan fingerprint density at radius 2 is 2.36 bits per heavy atom. The molecule has 1 N–H and O–H groups in total. The fraction of sp³-hybridized carbons (Fsp3) is 0.500. The molecule has 2 unspecified atom stereocenters. The number of aromatic nitrogens is 3. The van der Waals surface area contributed by atoms with Gasteiger partial charge in [-0.1, -0.05) is 0 Å². The van der Waals surface area contributed by atoms with Crippen LogP contribution in [0.25, 0.3) is 0 Å². The zero-order valence-electron chi connectivity index (χ0n) is 8.01. The smallest absolute Gasteiger partial charge is 0.245 e. The second-order valence-corrected chi connectivity index (χ2v) is 2.91. The molecule has 0 aliphatic carbocycles. The Kier molecular flexibility index (Phi) is 3.18. The molecule has 1 aromatic heterocycles. The average Bonchev–Trinajstić information content (AvgIpc) is 2.69. The van der Waals surface area contributed by atoms with Crippen molar-refractivity contribution in [1.82, 2.24) is 20.1 Å². The van der Waals surface area contributed by atoms with Crippen molar-refractivity contribution in [1.29, 1.82) is 5.26 Å². The first-order valence-electron chi connectivity index (χ1n) is 4.19. The molecule has 6 nitrogen and oxygen atoms in total. The highest BCUT2D eigenvalue weighted by Gasteiger charge is 2.16. The number of nitriles is 1. The Balaban J connectivity index is 2.59. The normalized spacial score (nSPS) is 14.1. The first kappa shape index (κ1) is 10.2. The van der Waals surface area contributed by atoms with E-state index in [0.717, 1.165) is 0 Å². The summed E-state index contributed by atoms with van der Waals surface area (Å²) in [4.78, 5) is 15.2. The van der Waals surface area contributed by atoms with Crippen LogP contribution >= 0.6 is 0 Å². The van der Waals surface area contributed by atoms with Crippen LogP contribution in [0, 0.1) is 11.3 Å². The molecule has 0 fully saturated rings. The highest BCUT2D eigenvalue weighted by molar-refractivity contribution is 5.80. The van der Waals surface area contributed by atoms with Crippen LogP contribution in [-0.4, -0.2) is 26.7 Å². The van der Waals surface area contributed by atoms with E-state index in [1.54, 1.807) is 13.8 Å². The van der Waals surface area contributed by atoms with E-state index < -0.39 is 12.1 Å². The lowest BCUT2D eigenvalue weighted by Gasteiger charge is -2.12. The first-order valence-corrected chi connectivity index (χ1v) is 4.19. The van der Waals surface area contributed by atoms with Crippen molar-refractivity contribution in [3.8, 4) is 6.07 Å². The van der Waals surface area contributed by atoms with Gasteiger partial charge in [-0.2, -0.15) is 10.4 Å². The van der Waals surface area contributed by atoms with Gasteiger partial charge in [-0.15, -0.1) is 0 Å². The summed E-state index contributed by atoms with van der Waals surface area (Å²) in [6.07, 6.45) is 2.82. The largest absolute Gasteiger partial charge is 0.339 e. The molecule has 74 valence electrons. The van der Waals surface area contributed by atoms with E-state index in [-0.39, 0.29) is 5.91 Å². The number of hydrogen-bond acceptors (Lipinski definition) is 4. The third-order valence-electron chi connectivity index (χ3n) is 1.77. The van der Waals surface area contributed by atoms with E-state index in [0.29, 0.717) is 0 Å². The van der Waals surface area contributed by atoms with Crippen LogP contribution in [0.1, 0.15) is 19.9 Å². The van der Waals surface area contributed by atoms with Gasteiger partial charge in [-0.25, -0.2) is 9.67 Å². The summed E-state index contributed by atoms with van der Waals surface area (Å²) in [6, 6.07) is 0.976. The van der Waals surface area contributed by atoms with Crippen molar-refractivity contribution in [2.75, 3.05) is 0 Å². The van der Waals surface area contributed by atoms with E-state index in [1.165, 1.54) is 17.3 Å². The van der Waals surface area contributed by atoms with Gasteiger partial charge >= 0.3 is 0 Å². The highest BCUT2D eigenvalue weighted by atomic mass is 16.2. The number of rotatable bonds is 3. The number of nitrogens with one attached hydrogen (secondary N) is 1. The number of carbonyl (C=O) groups excluding carboxylic acids is 1. The van der Waals surface area contributed by atoms with E-state index >= 15 is 0 Å². The van der Waals surface area contributed by atoms with Gasteiger partial charge in [0.2, 0.25) is 5.91 Å². The average molecular weight is 193 g/mol. The molecule has 0 saturated carbocycles. The van der Waals surface area contributed by atoms with E-state index in [9.17, 15) is 4.79 Å². The number of hydrogen-bond donors (Lipinski definition) is 1. The molecule has 0 bridgehead atoms. The molecule has 0 aliphatic rings. The fourth-order valence-electron chi connectivity index (χ4n) is 0.904. The molecular formula is C8H11N5O. The molecule has 14 heavy (non-hydrogen) atoms. The predicted molar refractivity (Wildman–Crippen MR) is 48.0 cm³/mol. The monoisotopic (exact) mass is 193 g/mol. The van der Waals surface area contributed by atoms with Crippen molar-refractivity contribution in [3.05, 3.63) is 12.7 Å². The van der Waals surface area contributed by atoms with Crippen molar-refractivity contribution >= 4 is 5.91 Å². The summed E-state index contributed by atoms with van der Waals surface area (Å²) in [6.45, 7) is 3.31. The van der Waals surface area contributed by atoms with Crippen LogP contribution < -0.4 is 5.32 Å². The van der Waals surface area contributed by atoms with Crippen molar-refractivity contribution in [3.63, 3.8) is 0 Å². The minimum Gasteiger partial charge on any atom is -0.339 e. The number of carbonyl (C=O) groups is 1. The molecule has 1 aromatic rings. The van der Waals surface area contributed by atoms with Crippen molar-refractivity contribution in [2.45, 2.75) is 25.9 Å². The van der Waals surface area contributed by atoms with Gasteiger partial charge in [-0.3, -0.25) is 4.79 Å². The van der Waals surface area contributed by atoms with E-state index in [4.69, 9.17) is 5.26 Å². The summed E-state index contributed by atoms with van der Waals surface area (Å²) in [5.41, 5.74) is 0. The molecule has 1 heterocycles. The van der Waals surface area contributed by atoms with Gasteiger partial charge in [0.25, 0.3) is 0 Å². The van der Waals surface area contributed by atoms with Crippen LogP contribution in [0.2, 0.25) is 0 Å². The summed E-state index contributed by atoms with van der Waals surface area (Å²) in [7, 11) is 0. The lowest BCUT2D eigenvalue weighted by molar-refractivity contribution is -0.124. The van der Waals surface area contributed by atoms with Crippen LogP contribution in [0.4, 0.5) is 0 Å². The molecule has 1 rings (SSSR count). The SMILES string of the molecule is CC(C#N)NC(=O)C(C)n1cncn1. The van der Waals surface area contributed by atoms with Crippen LogP contribution in [0.5, 0.6) is 0 Å². The van der Waals surface area contributed by atoms with Crippen molar-refractivity contribution in [2.24, 2.45) is 0 Å². The number of amides is 1. The molecule has 2 atom stereocenters. The molecule has 0 saturated heterocycles. The third kappa shape index (κ3) is 2.29. The molecule has 1 amide bonds. The van der Waals surface area contributed by atoms with Gasteiger partial charge in [-0.05, 0) is 13.8 Å². The molecule has 0 aliphatic heterocycles. The molecule has 6 heteroatoms. The van der Waals surface area contributed by atoms with Gasteiger partial charge in [0.15, 0.2) is 0 Å². The Morgan fingerprint density at radius 1 is 1.64 bits per heavy atom. The van der Waals surface area contributed by atoms with Crippen LogP contribution in [-0.2, 0) is 4.79 Å². The summed E-state index contributed by atoms with van der Waals surface area (Å²) in [5, 5.41) is 14.9. The zero-order chi connectivity index (χ0) is 10.6. The quantitative estimate of drug-likeness (QED) is 0.724. The third-order valence-corrected chi connectivity index (χ3v) is 1.77. The maximum absolute atomic E-state index is 11.5. The van der Waals surface area contributed by atoms with Crippen LogP contribution in [0.15, 0.2) is 12.7 Å². The standard InChI is InChI=1S/C8H11N5O/c1-6(3-9)12-8(14)7(2)13-5-10-4-11-13/h4-7H,1-2H3,(H,12,14). The Bertz CT molecular complexity index is 339. The minimum absolute atomic E-state index is 0.246. The highest BCUT2D eigenvalue weighted by Crippen LogP contribution is 2.01. The zero-order valence-corrected chi connectivity index (χ0v) is 8.01. The predicted octanol–water partition coefficient (Wildman–Crippen LogP) is -0.133.